The van der Waals surface area contributed by atoms with Crippen LogP contribution in [0.4, 0.5) is 11.4 Å². The zero-order valence-electron chi connectivity index (χ0n) is 9.00. The molecule has 86 valence electrons. The van der Waals surface area contributed by atoms with Crippen LogP contribution in [-0.4, -0.2) is 5.91 Å². The number of nitrogens with one attached hydrogen (secondary N) is 1. The molecule has 4 heteroatoms. The van der Waals surface area contributed by atoms with Gasteiger partial charge in [-0.1, -0.05) is 6.42 Å². The summed E-state index contributed by atoms with van der Waals surface area (Å²) in [7, 11) is 0. The quantitative estimate of drug-likeness (QED) is 0.837. The Kier molecular flexibility index (Phi) is 3.49. The third kappa shape index (κ3) is 2.76. The Labute approximate surface area is 104 Å². The summed E-state index contributed by atoms with van der Waals surface area (Å²) in [6.07, 6.45) is 4.28. The van der Waals surface area contributed by atoms with Crippen molar-refractivity contribution >= 4 is 33.2 Å². The fraction of sp³-hybridized carbons (Fsp3) is 0.417. The van der Waals surface area contributed by atoms with Crippen molar-refractivity contribution in [3.8, 4) is 0 Å². The molecule has 0 atom stereocenters. The Morgan fingerprint density at radius 3 is 2.81 bits per heavy atom. The van der Waals surface area contributed by atoms with Crippen LogP contribution in [0.1, 0.15) is 25.7 Å². The van der Waals surface area contributed by atoms with Crippen LogP contribution in [-0.2, 0) is 4.79 Å². The molecule has 1 fully saturated rings. The number of nitrogens with two attached hydrogens (primary N) is 1. The molecule has 0 spiro atoms. The van der Waals surface area contributed by atoms with Crippen molar-refractivity contribution in [2.24, 2.45) is 5.92 Å². The molecular formula is C12H15BrN2O. The molecule has 1 aliphatic rings. The molecule has 0 radical (unpaired) electrons. The van der Waals surface area contributed by atoms with E-state index >= 15 is 0 Å². The molecule has 16 heavy (non-hydrogen) atoms. The smallest absolute Gasteiger partial charge is 0.224 e. The highest BCUT2D eigenvalue weighted by atomic mass is 79.9. The van der Waals surface area contributed by atoms with E-state index in [4.69, 9.17) is 5.73 Å². The summed E-state index contributed by atoms with van der Waals surface area (Å²) in [6, 6.07) is 5.39. The van der Waals surface area contributed by atoms with Gasteiger partial charge in [-0.15, -0.1) is 0 Å². The van der Waals surface area contributed by atoms with Gasteiger partial charge in [-0.25, -0.2) is 0 Å². The first kappa shape index (κ1) is 11.5. The Hall–Kier alpha value is -1.03. The van der Waals surface area contributed by atoms with Gasteiger partial charge in [0.1, 0.15) is 0 Å². The topological polar surface area (TPSA) is 55.1 Å². The third-order valence-corrected chi connectivity index (χ3v) is 3.62. The predicted octanol–water partition coefficient (Wildman–Crippen LogP) is 3.16. The standard InChI is InChI=1S/C12H15BrN2O/c13-10-7-9(14)4-5-11(10)15-12(16)6-8-2-1-3-8/h4-5,7-8H,1-3,6,14H2,(H,15,16). The molecule has 3 nitrogen and oxygen atoms in total. The molecule has 0 aliphatic heterocycles. The van der Waals surface area contributed by atoms with Crippen LogP contribution in [0.5, 0.6) is 0 Å². The van der Waals surface area contributed by atoms with Crippen molar-refractivity contribution in [1.82, 2.24) is 0 Å². The monoisotopic (exact) mass is 282 g/mol. The summed E-state index contributed by atoms with van der Waals surface area (Å²) in [6.45, 7) is 0. The number of carbonyl (C=O) groups excluding carboxylic acids is 1. The molecule has 1 saturated carbocycles. The van der Waals surface area contributed by atoms with Gasteiger partial charge < -0.3 is 11.1 Å². The molecule has 1 aromatic rings. The number of rotatable bonds is 3. The third-order valence-electron chi connectivity index (χ3n) is 2.97. The van der Waals surface area contributed by atoms with Crippen LogP contribution in [0.15, 0.2) is 22.7 Å². The average molecular weight is 283 g/mol. The van der Waals surface area contributed by atoms with Crippen molar-refractivity contribution in [2.75, 3.05) is 11.1 Å². The molecule has 1 aliphatic carbocycles. The molecule has 0 unspecified atom stereocenters. The number of carbonyl (C=O) groups is 1. The zero-order valence-corrected chi connectivity index (χ0v) is 10.6. The molecule has 0 aromatic heterocycles. The summed E-state index contributed by atoms with van der Waals surface area (Å²) in [5.74, 6) is 0.683. The van der Waals surface area contributed by atoms with Gasteiger partial charge in [0.25, 0.3) is 0 Å². The molecular weight excluding hydrogens is 268 g/mol. The summed E-state index contributed by atoms with van der Waals surface area (Å²) >= 11 is 3.38. The Bertz CT molecular complexity index is 402. The summed E-state index contributed by atoms with van der Waals surface area (Å²) in [4.78, 5) is 11.7. The van der Waals surface area contributed by atoms with Crippen molar-refractivity contribution in [1.29, 1.82) is 0 Å². The first-order chi connectivity index (χ1) is 7.65. The van der Waals surface area contributed by atoms with E-state index in [2.05, 4.69) is 21.2 Å². The van der Waals surface area contributed by atoms with E-state index in [1.165, 1.54) is 19.3 Å². The number of amides is 1. The van der Waals surface area contributed by atoms with E-state index in [1.807, 2.05) is 6.07 Å². The number of anilines is 2. The normalized spacial score (nSPS) is 15.6. The van der Waals surface area contributed by atoms with E-state index in [9.17, 15) is 4.79 Å². The highest BCUT2D eigenvalue weighted by Gasteiger charge is 2.20. The molecule has 0 bridgehead atoms. The maximum Gasteiger partial charge on any atom is 0.224 e. The largest absolute Gasteiger partial charge is 0.399 e. The average Bonchev–Trinajstić information content (AvgIpc) is 2.16. The summed E-state index contributed by atoms with van der Waals surface area (Å²) < 4.78 is 0.828. The molecule has 2 rings (SSSR count). The lowest BCUT2D eigenvalue weighted by molar-refractivity contribution is -0.117. The van der Waals surface area contributed by atoms with E-state index in [-0.39, 0.29) is 5.91 Å². The lowest BCUT2D eigenvalue weighted by Gasteiger charge is -2.24. The highest BCUT2D eigenvalue weighted by molar-refractivity contribution is 9.10. The van der Waals surface area contributed by atoms with E-state index < -0.39 is 0 Å². The maximum absolute atomic E-state index is 11.7. The van der Waals surface area contributed by atoms with Crippen LogP contribution in [0.25, 0.3) is 0 Å². The molecule has 0 heterocycles. The van der Waals surface area contributed by atoms with E-state index in [0.29, 0.717) is 18.0 Å². The number of nitrogen functional groups attached to an aromatic ring is 1. The van der Waals surface area contributed by atoms with Gasteiger partial charge in [-0.3, -0.25) is 4.79 Å². The molecule has 1 amide bonds. The van der Waals surface area contributed by atoms with Gasteiger partial charge in [0.15, 0.2) is 0 Å². The van der Waals surface area contributed by atoms with Gasteiger partial charge in [0, 0.05) is 16.6 Å². The minimum Gasteiger partial charge on any atom is -0.399 e. The van der Waals surface area contributed by atoms with Crippen LogP contribution < -0.4 is 11.1 Å². The molecule has 3 N–H and O–H groups in total. The van der Waals surface area contributed by atoms with Gasteiger partial charge in [0.05, 0.1) is 5.69 Å². The first-order valence-corrected chi connectivity index (χ1v) is 6.29. The number of hydrogen-bond donors (Lipinski definition) is 2. The van der Waals surface area contributed by atoms with Crippen LogP contribution >= 0.6 is 15.9 Å². The van der Waals surface area contributed by atoms with Crippen molar-refractivity contribution in [3.63, 3.8) is 0 Å². The second-order valence-electron chi connectivity index (χ2n) is 4.29. The maximum atomic E-state index is 11.7. The second kappa shape index (κ2) is 4.87. The second-order valence-corrected chi connectivity index (χ2v) is 5.14. The van der Waals surface area contributed by atoms with Crippen molar-refractivity contribution in [3.05, 3.63) is 22.7 Å². The number of hydrogen-bond acceptors (Lipinski definition) is 2. The van der Waals surface area contributed by atoms with Crippen LogP contribution in [0.2, 0.25) is 0 Å². The van der Waals surface area contributed by atoms with Gasteiger partial charge in [-0.05, 0) is 52.9 Å². The molecule has 0 saturated heterocycles. The Balaban J connectivity index is 1.94. The van der Waals surface area contributed by atoms with Crippen LogP contribution in [0, 0.1) is 5.92 Å². The summed E-state index contributed by atoms with van der Waals surface area (Å²) in [5.41, 5.74) is 7.10. The van der Waals surface area contributed by atoms with Crippen molar-refractivity contribution in [2.45, 2.75) is 25.7 Å². The molecule has 1 aromatic carbocycles. The minimum atomic E-state index is 0.0928. The fourth-order valence-electron chi connectivity index (χ4n) is 1.79. The van der Waals surface area contributed by atoms with E-state index in [1.54, 1.807) is 12.1 Å². The minimum absolute atomic E-state index is 0.0928. The van der Waals surface area contributed by atoms with Gasteiger partial charge in [0.2, 0.25) is 5.91 Å². The lowest BCUT2D eigenvalue weighted by atomic mass is 9.83. The zero-order chi connectivity index (χ0) is 11.5. The van der Waals surface area contributed by atoms with Gasteiger partial charge >= 0.3 is 0 Å². The van der Waals surface area contributed by atoms with Gasteiger partial charge in [-0.2, -0.15) is 0 Å². The van der Waals surface area contributed by atoms with Crippen LogP contribution in [0.3, 0.4) is 0 Å². The van der Waals surface area contributed by atoms with E-state index in [0.717, 1.165) is 10.2 Å². The highest BCUT2D eigenvalue weighted by Crippen LogP contribution is 2.30. The first-order valence-electron chi connectivity index (χ1n) is 5.50. The number of halogens is 1. The predicted molar refractivity (Wildman–Crippen MR) is 69.1 cm³/mol. The Morgan fingerprint density at radius 2 is 2.25 bits per heavy atom. The summed E-state index contributed by atoms with van der Waals surface area (Å²) in [5, 5.41) is 2.90. The SMILES string of the molecule is Nc1ccc(NC(=O)CC2CCC2)c(Br)c1. The number of benzene rings is 1. The fourth-order valence-corrected chi connectivity index (χ4v) is 2.29. The lowest BCUT2D eigenvalue weighted by Crippen LogP contribution is -2.21. The Morgan fingerprint density at radius 1 is 1.50 bits per heavy atom. The van der Waals surface area contributed by atoms with Crippen molar-refractivity contribution < 1.29 is 4.79 Å².